The number of urea groups is 1. The molecule has 0 spiro atoms. The summed E-state index contributed by atoms with van der Waals surface area (Å²) >= 11 is 0. The highest BCUT2D eigenvalue weighted by Gasteiger charge is 2.41. The van der Waals surface area contributed by atoms with E-state index in [9.17, 15) is 14.7 Å². The summed E-state index contributed by atoms with van der Waals surface area (Å²) in [6.45, 7) is 11.1. The predicted octanol–water partition coefficient (Wildman–Crippen LogP) is 1.17. The Bertz CT molecular complexity index is 392. The predicted molar refractivity (Wildman–Crippen MR) is 80.2 cm³/mol. The number of carboxylic acid groups (broad SMARTS) is 1. The third-order valence-corrected chi connectivity index (χ3v) is 4.46. The number of carbonyl (C=O) groups is 2. The van der Waals surface area contributed by atoms with Crippen LogP contribution in [0.4, 0.5) is 4.79 Å². The van der Waals surface area contributed by atoms with E-state index >= 15 is 0 Å². The molecule has 6 heteroatoms. The summed E-state index contributed by atoms with van der Waals surface area (Å²) in [4.78, 5) is 29.6. The van der Waals surface area contributed by atoms with Crippen LogP contribution in [0.15, 0.2) is 0 Å². The first-order valence-corrected chi connectivity index (χ1v) is 7.91. The summed E-state index contributed by atoms with van der Waals surface area (Å²) in [5.41, 5.74) is 0. The molecule has 0 aromatic heterocycles. The van der Waals surface area contributed by atoms with Crippen LogP contribution in [0, 0.1) is 11.8 Å². The van der Waals surface area contributed by atoms with Gasteiger partial charge in [-0.1, -0.05) is 20.8 Å². The first-order valence-electron chi connectivity index (χ1n) is 7.91. The topological polar surface area (TPSA) is 64.1 Å². The average molecular weight is 297 g/mol. The number of hydrogen-bond donors (Lipinski definition) is 1. The quantitative estimate of drug-likeness (QED) is 0.849. The van der Waals surface area contributed by atoms with Crippen molar-refractivity contribution in [3.63, 3.8) is 0 Å². The van der Waals surface area contributed by atoms with E-state index in [-0.39, 0.29) is 11.9 Å². The van der Waals surface area contributed by atoms with Gasteiger partial charge in [-0.15, -0.1) is 0 Å². The summed E-state index contributed by atoms with van der Waals surface area (Å²) in [7, 11) is 0. The van der Waals surface area contributed by atoms with Gasteiger partial charge in [-0.05, 0) is 18.3 Å². The second-order valence-electron chi connectivity index (χ2n) is 6.71. The second-order valence-corrected chi connectivity index (χ2v) is 6.71. The third-order valence-electron chi connectivity index (χ3n) is 4.46. The highest BCUT2D eigenvalue weighted by atomic mass is 16.4. The number of hydrogen-bond acceptors (Lipinski definition) is 3. The minimum absolute atomic E-state index is 0.0358. The summed E-state index contributed by atoms with van der Waals surface area (Å²) in [6.07, 6.45) is 0.774. The zero-order valence-electron chi connectivity index (χ0n) is 13.3. The maximum absolute atomic E-state index is 12.6. The Morgan fingerprint density at radius 1 is 1.14 bits per heavy atom. The fraction of sp³-hybridized carbons (Fsp3) is 0.867. The Balaban J connectivity index is 1.91. The molecule has 0 bridgehead atoms. The van der Waals surface area contributed by atoms with Gasteiger partial charge >= 0.3 is 12.0 Å². The Kier molecular flexibility index (Phi) is 5.08. The zero-order chi connectivity index (χ0) is 15.6. The van der Waals surface area contributed by atoms with Gasteiger partial charge < -0.3 is 14.9 Å². The van der Waals surface area contributed by atoms with Crippen LogP contribution in [0.3, 0.4) is 0 Å². The van der Waals surface area contributed by atoms with Crippen molar-refractivity contribution in [2.45, 2.75) is 33.2 Å². The van der Waals surface area contributed by atoms with Gasteiger partial charge in [0.15, 0.2) is 0 Å². The summed E-state index contributed by atoms with van der Waals surface area (Å²) in [6, 6.07) is -0.762. The number of rotatable bonds is 3. The molecule has 2 amide bonds. The minimum Gasteiger partial charge on any atom is -0.480 e. The van der Waals surface area contributed by atoms with Crippen molar-refractivity contribution < 1.29 is 14.7 Å². The van der Waals surface area contributed by atoms with E-state index in [4.69, 9.17) is 0 Å². The van der Waals surface area contributed by atoms with Crippen molar-refractivity contribution in [3.8, 4) is 0 Å². The average Bonchev–Trinajstić information content (AvgIpc) is 2.80. The molecule has 6 nitrogen and oxygen atoms in total. The van der Waals surface area contributed by atoms with Gasteiger partial charge in [-0.25, -0.2) is 9.59 Å². The van der Waals surface area contributed by atoms with Gasteiger partial charge in [0.2, 0.25) is 0 Å². The smallest absolute Gasteiger partial charge is 0.326 e. The van der Waals surface area contributed by atoms with Crippen molar-refractivity contribution in [3.05, 3.63) is 0 Å². The third kappa shape index (κ3) is 3.67. The molecule has 0 aromatic carbocycles. The first kappa shape index (κ1) is 16.1. The minimum atomic E-state index is -0.883. The number of carboxylic acids is 1. The fourth-order valence-electron chi connectivity index (χ4n) is 3.36. The standard InChI is InChI=1S/C15H27N3O3/c1-11(2)10-16-6-8-17(9-7-16)15(21)18-5-4-12(3)13(18)14(19)20/h11-13H,4-10H2,1-3H3,(H,19,20). The summed E-state index contributed by atoms with van der Waals surface area (Å²) < 4.78 is 0. The summed E-state index contributed by atoms with van der Waals surface area (Å²) in [5.74, 6) is -0.219. The molecule has 0 aromatic rings. The highest BCUT2D eigenvalue weighted by molar-refractivity contribution is 5.83. The molecule has 2 atom stereocenters. The van der Waals surface area contributed by atoms with E-state index in [1.165, 1.54) is 0 Å². The summed E-state index contributed by atoms with van der Waals surface area (Å²) in [5, 5.41) is 9.32. The Labute approximate surface area is 126 Å². The van der Waals surface area contributed by atoms with Crippen LogP contribution in [0.2, 0.25) is 0 Å². The monoisotopic (exact) mass is 297 g/mol. The van der Waals surface area contributed by atoms with E-state index in [0.29, 0.717) is 25.6 Å². The lowest BCUT2D eigenvalue weighted by Gasteiger charge is -2.38. The largest absolute Gasteiger partial charge is 0.480 e. The van der Waals surface area contributed by atoms with Crippen LogP contribution in [0.1, 0.15) is 27.2 Å². The van der Waals surface area contributed by atoms with Crippen molar-refractivity contribution in [1.29, 1.82) is 0 Å². The SMILES string of the molecule is CC(C)CN1CCN(C(=O)N2CCC(C)C2C(=O)O)CC1. The molecule has 2 saturated heterocycles. The second kappa shape index (κ2) is 6.64. The lowest BCUT2D eigenvalue weighted by molar-refractivity contribution is -0.142. The number of piperazine rings is 1. The Morgan fingerprint density at radius 2 is 1.76 bits per heavy atom. The molecular weight excluding hydrogens is 270 g/mol. The molecule has 0 radical (unpaired) electrons. The normalized spacial score (nSPS) is 27.4. The van der Waals surface area contributed by atoms with Crippen molar-refractivity contribution in [2.75, 3.05) is 39.3 Å². The zero-order valence-corrected chi connectivity index (χ0v) is 13.3. The van der Waals surface area contributed by atoms with Crippen LogP contribution in [0.5, 0.6) is 0 Å². The van der Waals surface area contributed by atoms with Crippen LogP contribution < -0.4 is 0 Å². The lowest BCUT2D eigenvalue weighted by Crippen LogP contribution is -2.55. The maximum atomic E-state index is 12.6. The number of aliphatic carboxylic acids is 1. The van der Waals surface area contributed by atoms with E-state index < -0.39 is 12.0 Å². The molecule has 2 heterocycles. The molecule has 0 saturated carbocycles. The molecule has 1 N–H and O–H groups in total. The molecule has 120 valence electrons. The Hall–Kier alpha value is -1.30. The molecule has 0 aliphatic carbocycles. The van der Waals surface area contributed by atoms with Crippen LogP contribution in [-0.4, -0.2) is 77.1 Å². The van der Waals surface area contributed by atoms with Gasteiger partial charge in [0.25, 0.3) is 0 Å². The van der Waals surface area contributed by atoms with E-state index in [1.807, 2.05) is 11.8 Å². The molecule has 2 fully saturated rings. The van der Waals surface area contributed by atoms with E-state index in [1.54, 1.807) is 4.90 Å². The van der Waals surface area contributed by atoms with Crippen molar-refractivity contribution in [2.24, 2.45) is 11.8 Å². The number of amides is 2. The molecule has 2 aliphatic rings. The van der Waals surface area contributed by atoms with Crippen molar-refractivity contribution >= 4 is 12.0 Å². The van der Waals surface area contributed by atoms with Gasteiger partial charge in [-0.2, -0.15) is 0 Å². The van der Waals surface area contributed by atoms with Gasteiger partial charge in [0.05, 0.1) is 0 Å². The molecule has 2 aliphatic heterocycles. The molecule has 2 unspecified atom stereocenters. The van der Waals surface area contributed by atoms with Crippen LogP contribution in [0.25, 0.3) is 0 Å². The fourth-order valence-corrected chi connectivity index (χ4v) is 3.36. The molecule has 2 rings (SSSR count). The highest BCUT2D eigenvalue weighted by Crippen LogP contribution is 2.25. The van der Waals surface area contributed by atoms with Crippen LogP contribution in [-0.2, 0) is 4.79 Å². The van der Waals surface area contributed by atoms with Crippen LogP contribution >= 0.6 is 0 Å². The van der Waals surface area contributed by atoms with Gasteiger partial charge in [-0.3, -0.25) is 4.90 Å². The number of carbonyl (C=O) groups excluding carboxylic acids is 1. The molecule has 21 heavy (non-hydrogen) atoms. The first-order chi connectivity index (χ1) is 9.90. The van der Waals surface area contributed by atoms with Gasteiger partial charge in [0.1, 0.15) is 6.04 Å². The van der Waals surface area contributed by atoms with E-state index in [2.05, 4.69) is 18.7 Å². The number of nitrogens with zero attached hydrogens (tertiary/aromatic N) is 3. The Morgan fingerprint density at radius 3 is 2.29 bits per heavy atom. The lowest BCUT2D eigenvalue weighted by atomic mass is 10.0. The van der Waals surface area contributed by atoms with Crippen molar-refractivity contribution in [1.82, 2.24) is 14.7 Å². The van der Waals surface area contributed by atoms with E-state index in [0.717, 1.165) is 26.1 Å². The van der Waals surface area contributed by atoms with Gasteiger partial charge in [0, 0.05) is 39.3 Å². The maximum Gasteiger partial charge on any atom is 0.326 e. The molecular formula is C15H27N3O3. The number of likely N-dealkylation sites (tertiary alicyclic amines) is 1.